The molecule has 0 unspecified atom stereocenters. The van der Waals surface area contributed by atoms with E-state index in [1.165, 1.54) is 0 Å². The highest BCUT2D eigenvalue weighted by molar-refractivity contribution is 6.03. The molecule has 1 amide bonds. The Morgan fingerprint density at radius 3 is 2.57 bits per heavy atom. The first-order valence-corrected chi connectivity index (χ1v) is 7.05. The number of rotatable bonds is 5. The Bertz CT molecular complexity index is 620. The summed E-state index contributed by atoms with van der Waals surface area (Å²) in [5.74, 6) is 0.242. The van der Waals surface area contributed by atoms with Crippen LogP contribution < -0.4 is 10.6 Å². The minimum absolute atomic E-state index is 0.234. The average Bonchev–Trinajstić information content (AvgIpc) is 2.44. The molecule has 0 saturated carbocycles. The zero-order chi connectivity index (χ0) is 15.2. The molecule has 0 radical (unpaired) electrons. The first-order valence-electron chi connectivity index (χ1n) is 7.05. The molecule has 0 fully saturated rings. The van der Waals surface area contributed by atoms with Crippen molar-refractivity contribution in [1.29, 1.82) is 0 Å². The molecule has 2 aromatic rings. The maximum atomic E-state index is 12.2. The first-order chi connectivity index (χ1) is 10.1. The molecular formula is C16H20N4O. The van der Waals surface area contributed by atoms with E-state index in [2.05, 4.69) is 33.6 Å². The molecule has 2 rings (SSSR count). The van der Waals surface area contributed by atoms with E-state index in [1.807, 2.05) is 26.0 Å². The molecule has 0 aliphatic carbocycles. The van der Waals surface area contributed by atoms with E-state index >= 15 is 0 Å². The Morgan fingerprint density at radius 2 is 1.90 bits per heavy atom. The summed E-state index contributed by atoms with van der Waals surface area (Å²) in [5.41, 5.74) is 3.35. The summed E-state index contributed by atoms with van der Waals surface area (Å²) in [6, 6.07) is 7.53. The van der Waals surface area contributed by atoms with Crippen molar-refractivity contribution in [3.8, 4) is 0 Å². The number of aromatic nitrogens is 2. The van der Waals surface area contributed by atoms with Gasteiger partial charge in [0.05, 0.1) is 0 Å². The predicted octanol–water partition coefficient (Wildman–Crippen LogP) is 3.17. The van der Waals surface area contributed by atoms with E-state index in [4.69, 9.17) is 0 Å². The summed E-state index contributed by atoms with van der Waals surface area (Å²) < 4.78 is 0. The number of carbonyl (C=O) groups is 1. The predicted molar refractivity (Wildman–Crippen MR) is 84.7 cm³/mol. The van der Waals surface area contributed by atoms with Gasteiger partial charge < -0.3 is 10.6 Å². The Labute approximate surface area is 124 Å². The van der Waals surface area contributed by atoms with Crippen LogP contribution in [0.25, 0.3) is 0 Å². The summed E-state index contributed by atoms with van der Waals surface area (Å²) in [6.07, 6.45) is 2.56. The van der Waals surface area contributed by atoms with E-state index in [0.717, 1.165) is 29.8 Å². The van der Waals surface area contributed by atoms with Crippen molar-refractivity contribution >= 4 is 17.5 Å². The number of amides is 1. The fourth-order valence-corrected chi connectivity index (χ4v) is 2.05. The van der Waals surface area contributed by atoms with E-state index in [9.17, 15) is 4.79 Å². The fourth-order valence-electron chi connectivity index (χ4n) is 2.05. The van der Waals surface area contributed by atoms with Crippen molar-refractivity contribution in [2.24, 2.45) is 0 Å². The van der Waals surface area contributed by atoms with Crippen LogP contribution in [0.5, 0.6) is 0 Å². The molecule has 0 aliphatic rings. The molecule has 0 spiro atoms. The van der Waals surface area contributed by atoms with Crippen molar-refractivity contribution in [1.82, 2.24) is 9.97 Å². The van der Waals surface area contributed by atoms with Crippen molar-refractivity contribution in [2.75, 3.05) is 17.2 Å². The Hall–Kier alpha value is -2.43. The van der Waals surface area contributed by atoms with Crippen LogP contribution >= 0.6 is 0 Å². The number of nitrogens with one attached hydrogen (secondary N) is 2. The van der Waals surface area contributed by atoms with E-state index in [-0.39, 0.29) is 5.91 Å². The molecule has 21 heavy (non-hydrogen) atoms. The Morgan fingerprint density at radius 1 is 1.19 bits per heavy atom. The molecule has 0 aliphatic heterocycles. The summed E-state index contributed by atoms with van der Waals surface area (Å²) >= 11 is 0. The van der Waals surface area contributed by atoms with Gasteiger partial charge >= 0.3 is 0 Å². The number of hydrogen-bond donors (Lipinski definition) is 2. The molecule has 0 saturated heterocycles. The molecule has 2 N–H and O–H groups in total. The van der Waals surface area contributed by atoms with Gasteiger partial charge in [-0.2, -0.15) is 0 Å². The van der Waals surface area contributed by atoms with Crippen LogP contribution in [0.3, 0.4) is 0 Å². The number of nitrogens with zero attached hydrogens (tertiary/aromatic N) is 2. The lowest BCUT2D eigenvalue weighted by Crippen LogP contribution is -2.15. The monoisotopic (exact) mass is 284 g/mol. The van der Waals surface area contributed by atoms with Gasteiger partial charge in [-0.1, -0.05) is 13.0 Å². The third-order valence-electron chi connectivity index (χ3n) is 2.90. The largest absolute Gasteiger partial charge is 0.354 e. The lowest BCUT2D eigenvalue weighted by atomic mass is 10.1. The minimum Gasteiger partial charge on any atom is -0.354 e. The first kappa shape index (κ1) is 15.0. The molecule has 1 aromatic carbocycles. The molecule has 0 atom stereocenters. The summed E-state index contributed by atoms with van der Waals surface area (Å²) in [7, 11) is 0. The van der Waals surface area contributed by atoms with Gasteiger partial charge in [0.2, 0.25) is 5.95 Å². The van der Waals surface area contributed by atoms with Gasteiger partial charge in [-0.3, -0.25) is 4.79 Å². The molecule has 1 aromatic heterocycles. The lowest BCUT2D eigenvalue weighted by molar-refractivity contribution is 0.102. The topological polar surface area (TPSA) is 66.9 Å². The van der Waals surface area contributed by atoms with Gasteiger partial charge in [0.1, 0.15) is 5.69 Å². The highest BCUT2D eigenvalue weighted by atomic mass is 16.1. The van der Waals surface area contributed by atoms with Crippen LogP contribution in [0.4, 0.5) is 11.6 Å². The second kappa shape index (κ2) is 6.83. The zero-order valence-electron chi connectivity index (χ0n) is 12.6. The zero-order valence-corrected chi connectivity index (χ0v) is 12.6. The van der Waals surface area contributed by atoms with Crippen LogP contribution in [0.1, 0.15) is 35.0 Å². The summed E-state index contributed by atoms with van der Waals surface area (Å²) in [4.78, 5) is 20.5. The standard InChI is InChI=1S/C16H20N4O/c1-4-6-17-16-18-7-5-14(20-16)15(21)19-13-9-11(2)8-12(3)10-13/h5,7-10H,4,6H2,1-3H3,(H,19,21)(H,17,18,20). The quantitative estimate of drug-likeness (QED) is 0.885. The molecule has 1 heterocycles. The number of benzene rings is 1. The second-order valence-corrected chi connectivity index (χ2v) is 5.02. The van der Waals surface area contributed by atoms with Crippen molar-refractivity contribution in [3.05, 3.63) is 47.3 Å². The van der Waals surface area contributed by atoms with Gasteiger partial charge in [-0.15, -0.1) is 0 Å². The molecule has 5 heteroatoms. The van der Waals surface area contributed by atoms with Crippen molar-refractivity contribution in [2.45, 2.75) is 27.2 Å². The number of anilines is 2. The SMILES string of the molecule is CCCNc1nccc(C(=O)Nc2cc(C)cc(C)c2)n1. The van der Waals surface area contributed by atoms with Crippen LogP contribution in [0.15, 0.2) is 30.5 Å². The fraction of sp³-hybridized carbons (Fsp3) is 0.312. The van der Waals surface area contributed by atoms with E-state index in [0.29, 0.717) is 11.6 Å². The van der Waals surface area contributed by atoms with Crippen LogP contribution in [0, 0.1) is 13.8 Å². The van der Waals surface area contributed by atoms with E-state index < -0.39 is 0 Å². The highest BCUT2D eigenvalue weighted by Gasteiger charge is 2.09. The van der Waals surface area contributed by atoms with Crippen molar-refractivity contribution < 1.29 is 4.79 Å². The molecule has 110 valence electrons. The number of carbonyl (C=O) groups excluding carboxylic acids is 1. The van der Waals surface area contributed by atoms with Gasteiger partial charge in [-0.05, 0) is 49.6 Å². The summed E-state index contributed by atoms with van der Waals surface area (Å²) in [6.45, 7) is 6.84. The summed E-state index contributed by atoms with van der Waals surface area (Å²) in [5, 5.41) is 5.94. The highest BCUT2D eigenvalue weighted by Crippen LogP contribution is 2.14. The number of hydrogen-bond acceptors (Lipinski definition) is 4. The molecular weight excluding hydrogens is 264 g/mol. The van der Waals surface area contributed by atoms with Gasteiger partial charge in [-0.25, -0.2) is 9.97 Å². The average molecular weight is 284 g/mol. The third kappa shape index (κ3) is 4.27. The second-order valence-electron chi connectivity index (χ2n) is 5.02. The third-order valence-corrected chi connectivity index (χ3v) is 2.90. The van der Waals surface area contributed by atoms with Crippen molar-refractivity contribution in [3.63, 3.8) is 0 Å². The number of aryl methyl sites for hydroxylation is 2. The smallest absolute Gasteiger partial charge is 0.274 e. The minimum atomic E-state index is -0.234. The Balaban J connectivity index is 2.12. The molecule has 0 bridgehead atoms. The lowest BCUT2D eigenvalue weighted by Gasteiger charge is -2.08. The van der Waals surface area contributed by atoms with E-state index in [1.54, 1.807) is 12.3 Å². The van der Waals surface area contributed by atoms with Crippen LogP contribution in [-0.2, 0) is 0 Å². The maximum Gasteiger partial charge on any atom is 0.274 e. The molecule has 5 nitrogen and oxygen atoms in total. The van der Waals surface area contributed by atoms with Gasteiger partial charge in [0.25, 0.3) is 5.91 Å². The van der Waals surface area contributed by atoms with Crippen LogP contribution in [0.2, 0.25) is 0 Å². The van der Waals surface area contributed by atoms with Gasteiger partial charge in [0, 0.05) is 18.4 Å². The maximum absolute atomic E-state index is 12.2. The normalized spacial score (nSPS) is 10.2. The Kier molecular flexibility index (Phi) is 4.87. The van der Waals surface area contributed by atoms with Crippen LogP contribution in [-0.4, -0.2) is 22.4 Å². The van der Waals surface area contributed by atoms with Gasteiger partial charge in [0.15, 0.2) is 0 Å².